The van der Waals surface area contributed by atoms with E-state index < -0.39 is 10.0 Å². The molecule has 20 heavy (non-hydrogen) atoms. The molecule has 0 saturated carbocycles. The zero-order chi connectivity index (χ0) is 14.6. The predicted octanol–water partition coefficient (Wildman–Crippen LogP) is 2.07. The maximum atomic E-state index is 12.3. The molecule has 0 unspecified atom stereocenters. The quantitative estimate of drug-likeness (QED) is 0.905. The van der Waals surface area contributed by atoms with Crippen molar-refractivity contribution in [2.75, 3.05) is 26.2 Å². The highest BCUT2D eigenvalue weighted by atomic mass is 32.2. The van der Waals surface area contributed by atoms with Gasteiger partial charge < -0.3 is 4.90 Å². The Bertz CT molecular complexity index is 549. The molecule has 1 aliphatic rings. The number of aryl methyl sites for hydroxylation is 2. The van der Waals surface area contributed by atoms with Crippen molar-refractivity contribution >= 4 is 10.0 Å². The molecular formula is C15H24N2O2S. The van der Waals surface area contributed by atoms with Crippen LogP contribution in [0.4, 0.5) is 0 Å². The van der Waals surface area contributed by atoms with Crippen molar-refractivity contribution in [1.82, 2.24) is 9.62 Å². The molecule has 1 fully saturated rings. The van der Waals surface area contributed by atoms with Gasteiger partial charge in [0.2, 0.25) is 10.0 Å². The van der Waals surface area contributed by atoms with Gasteiger partial charge in [-0.3, -0.25) is 0 Å². The molecule has 2 rings (SSSR count). The van der Waals surface area contributed by atoms with Gasteiger partial charge in [-0.1, -0.05) is 18.6 Å². The molecule has 0 bridgehead atoms. The van der Waals surface area contributed by atoms with E-state index in [2.05, 4.69) is 9.62 Å². The lowest BCUT2D eigenvalue weighted by Crippen LogP contribution is -2.37. The Kier molecular flexibility index (Phi) is 5.18. The number of piperidine rings is 1. The molecule has 0 aromatic heterocycles. The maximum Gasteiger partial charge on any atom is 0.240 e. The van der Waals surface area contributed by atoms with Crippen molar-refractivity contribution in [2.24, 2.45) is 0 Å². The highest BCUT2D eigenvalue weighted by Gasteiger charge is 2.17. The lowest BCUT2D eigenvalue weighted by Gasteiger charge is -2.26. The summed E-state index contributed by atoms with van der Waals surface area (Å²) in [4.78, 5) is 2.73. The number of likely N-dealkylation sites (tertiary alicyclic amines) is 1. The number of hydrogen-bond donors (Lipinski definition) is 1. The molecule has 112 valence electrons. The Hall–Kier alpha value is -0.910. The average molecular weight is 296 g/mol. The van der Waals surface area contributed by atoms with Crippen LogP contribution in [0.15, 0.2) is 23.1 Å². The van der Waals surface area contributed by atoms with Crippen LogP contribution in [0, 0.1) is 13.8 Å². The number of hydrogen-bond acceptors (Lipinski definition) is 3. The summed E-state index contributed by atoms with van der Waals surface area (Å²) in [5.41, 5.74) is 1.76. The summed E-state index contributed by atoms with van der Waals surface area (Å²) in [6.45, 7) is 7.20. The third-order valence-electron chi connectivity index (χ3n) is 3.80. The van der Waals surface area contributed by atoms with Gasteiger partial charge in [0.1, 0.15) is 0 Å². The minimum atomic E-state index is -3.39. The highest BCUT2D eigenvalue weighted by Crippen LogP contribution is 2.16. The van der Waals surface area contributed by atoms with Crippen LogP contribution in [-0.4, -0.2) is 39.5 Å². The number of nitrogens with one attached hydrogen (secondary N) is 1. The lowest BCUT2D eigenvalue weighted by molar-refractivity contribution is 0.233. The molecular weight excluding hydrogens is 272 g/mol. The number of sulfonamides is 1. The van der Waals surface area contributed by atoms with Gasteiger partial charge in [0, 0.05) is 13.1 Å². The smallest absolute Gasteiger partial charge is 0.240 e. The Morgan fingerprint density at radius 2 is 1.85 bits per heavy atom. The molecule has 0 aliphatic carbocycles. The zero-order valence-corrected chi connectivity index (χ0v) is 13.2. The molecule has 0 radical (unpaired) electrons. The Morgan fingerprint density at radius 3 is 2.55 bits per heavy atom. The molecule has 1 aromatic carbocycles. The normalized spacial score (nSPS) is 17.3. The van der Waals surface area contributed by atoms with Crippen LogP contribution in [0.2, 0.25) is 0 Å². The van der Waals surface area contributed by atoms with Crippen molar-refractivity contribution in [2.45, 2.75) is 38.0 Å². The largest absolute Gasteiger partial charge is 0.302 e. The van der Waals surface area contributed by atoms with Crippen molar-refractivity contribution in [3.8, 4) is 0 Å². The zero-order valence-electron chi connectivity index (χ0n) is 12.4. The Balaban J connectivity index is 1.95. The molecule has 1 aromatic rings. The van der Waals surface area contributed by atoms with Crippen molar-refractivity contribution in [1.29, 1.82) is 0 Å². The van der Waals surface area contributed by atoms with Gasteiger partial charge in [0.05, 0.1) is 4.90 Å². The summed E-state index contributed by atoms with van der Waals surface area (Å²) in [6, 6.07) is 5.52. The van der Waals surface area contributed by atoms with E-state index in [1.54, 1.807) is 6.07 Å². The third-order valence-corrected chi connectivity index (χ3v) is 5.40. The summed E-state index contributed by atoms with van der Waals surface area (Å²) in [7, 11) is -3.39. The monoisotopic (exact) mass is 296 g/mol. The summed E-state index contributed by atoms with van der Waals surface area (Å²) in [5.74, 6) is 0. The van der Waals surface area contributed by atoms with Crippen LogP contribution in [0.25, 0.3) is 0 Å². The highest BCUT2D eigenvalue weighted by molar-refractivity contribution is 7.89. The van der Waals surface area contributed by atoms with E-state index in [0.29, 0.717) is 11.4 Å². The van der Waals surface area contributed by atoms with Crippen LogP contribution in [0.3, 0.4) is 0 Å². The van der Waals surface area contributed by atoms with E-state index in [1.165, 1.54) is 19.3 Å². The molecule has 5 heteroatoms. The molecule has 1 saturated heterocycles. The van der Waals surface area contributed by atoms with Gasteiger partial charge in [-0.15, -0.1) is 0 Å². The number of nitrogens with zero attached hydrogens (tertiary/aromatic N) is 1. The fourth-order valence-corrected chi connectivity index (χ4v) is 3.94. The van der Waals surface area contributed by atoms with Gasteiger partial charge in [-0.05, 0) is 57.0 Å². The fraction of sp³-hybridized carbons (Fsp3) is 0.600. The van der Waals surface area contributed by atoms with E-state index in [1.807, 2.05) is 26.0 Å². The first-order chi connectivity index (χ1) is 9.49. The summed E-state index contributed by atoms with van der Waals surface area (Å²) in [6.07, 6.45) is 3.75. The van der Waals surface area contributed by atoms with Crippen LogP contribution < -0.4 is 4.72 Å². The molecule has 1 aliphatic heterocycles. The van der Waals surface area contributed by atoms with E-state index >= 15 is 0 Å². The first-order valence-electron chi connectivity index (χ1n) is 7.28. The van der Waals surface area contributed by atoms with Crippen molar-refractivity contribution in [3.63, 3.8) is 0 Å². The van der Waals surface area contributed by atoms with Gasteiger partial charge in [0.25, 0.3) is 0 Å². The second-order valence-corrected chi connectivity index (χ2v) is 7.30. The second kappa shape index (κ2) is 6.70. The summed E-state index contributed by atoms with van der Waals surface area (Å²) < 4.78 is 27.4. The van der Waals surface area contributed by atoms with Gasteiger partial charge >= 0.3 is 0 Å². The second-order valence-electron chi connectivity index (χ2n) is 5.57. The van der Waals surface area contributed by atoms with Crippen LogP contribution in [-0.2, 0) is 10.0 Å². The minimum Gasteiger partial charge on any atom is -0.302 e. The molecule has 4 nitrogen and oxygen atoms in total. The maximum absolute atomic E-state index is 12.3. The van der Waals surface area contributed by atoms with E-state index in [9.17, 15) is 8.42 Å². The summed E-state index contributed by atoms with van der Waals surface area (Å²) in [5, 5.41) is 0. The SMILES string of the molecule is Cc1ccc(C)c(S(=O)(=O)NCCN2CCCCC2)c1. The van der Waals surface area contributed by atoms with Gasteiger partial charge in [-0.2, -0.15) is 0 Å². The average Bonchev–Trinajstić information content (AvgIpc) is 2.42. The topological polar surface area (TPSA) is 49.4 Å². The summed E-state index contributed by atoms with van der Waals surface area (Å²) >= 11 is 0. The van der Waals surface area contributed by atoms with E-state index in [4.69, 9.17) is 0 Å². The minimum absolute atomic E-state index is 0.399. The molecule has 0 spiro atoms. The first-order valence-corrected chi connectivity index (χ1v) is 8.77. The van der Waals surface area contributed by atoms with Gasteiger partial charge in [-0.25, -0.2) is 13.1 Å². The molecule has 0 atom stereocenters. The Labute approximate surface area is 122 Å². The van der Waals surface area contributed by atoms with Crippen LogP contribution >= 0.6 is 0 Å². The molecule has 1 heterocycles. The van der Waals surface area contributed by atoms with Crippen LogP contribution in [0.1, 0.15) is 30.4 Å². The van der Waals surface area contributed by atoms with Crippen LogP contribution in [0.5, 0.6) is 0 Å². The fourth-order valence-electron chi connectivity index (χ4n) is 2.60. The first kappa shape index (κ1) is 15.5. The number of benzene rings is 1. The lowest BCUT2D eigenvalue weighted by atomic mass is 10.1. The number of rotatable bonds is 5. The van der Waals surface area contributed by atoms with E-state index in [0.717, 1.165) is 30.8 Å². The molecule has 1 N–H and O–H groups in total. The predicted molar refractivity (Wildman–Crippen MR) is 81.4 cm³/mol. The Morgan fingerprint density at radius 1 is 1.15 bits per heavy atom. The van der Waals surface area contributed by atoms with Crippen molar-refractivity contribution in [3.05, 3.63) is 29.3 Å². The van der Waals surface area contributed by atoms with E-state index in [-0.39, 0.29) is 0 Å². The van der Waals surface area contributed by atoms with Crippen molar-refractivity contribution < 1.29 is 8.42 Å². The molecule has 0 amide bonds. The standard InChI is InChI=1S/C15H24N2O2S/c1-13-6-7-14(2)15(12-13)20(18,19)16-8-11-17-9-4-3-5-10-17/h6-7,12,16H,3-5,8-11H2,1-2H3. The third kappa shape index (κ3) is 4.04. The van der Waals surface area contributed by atoms with Gasteiger partial charge in [0.15, 0.2) is 0 Å².